The first kappa shape index (κ1) is 20.4. The van der Waals surface area contributed by atoms with Gasteiger partial charge in [0.15, 0.2) is 19.0 Å². The number of urea groups is 1. The number of esters is 1. The van der Waals surface area contributed by atoms with Crippen molar-refractivity contribution in [2.24, 2.45) is 0 Å². The number of nitrogens with one attached hydrogen (secondary N) is 2. The normalized spacial score (nSPS) is 14.1. The number of hydrogen-bond donors (Lipinski definition) is 2. The predicted molar refractivity (Wildman–Crippen MR) is 96.4 cm³/mol. The highest BCUT2D eigenvalue weighted by atomic mass is 16.6. The molecule has 1 aliphatic carbocycles. The van der Waals surface area contributed by atoms with Gasteiger partial charge >= 0.3 is 12.0 Å². The molecule has 1 aromatic rings. The van der Waals surface area contributed by atoms with Gasteiger partial charge in [0.05, 0.1) is 0 Å². The van der Waals surface area contributed by atoms with Crippen molar-refractivity contribution >= 4 is 23.7 Å². The molecule has 0 heterocycles. The maximum atomic E-state index is 11.7. The number of rotatable bonds is 7. The molecule has 0 aromatic heterocycles. The summed E-state index contributed by atoms with van der Waals surface area (Å²) >= 11 is 0. The third-order valence-electron chi connectivity index (χ3n) is 4.18. The van der Waals surface area contributed by atoms with E-state index < -0.39 is 24.5 Å². The van der Waals surface area contributed by atoms with Crippen molar-refractivity contribution in [3.63, 3.8) is 0 Å². The highest BCUT2D eigenvalue weighted by Gasteiger charge is 2.17. The summed E-state index contributed by atoms with van der Waals surface area (Å²) in [4.78, 5) is 46.2. The Labute approximate surface area is 157 Å². The van der Waals surface area contributed by atoms with Crippen LogP contribution in [0.4, 0.5) is 4.79 Å². The van der Waals surface area contributed by atoms with Crippen LogP contribution in [0.25, 0.3) is 0 Å². The van der Waals surface area contributed by atoms with E-state index in [2.05, 4.69) is 10.6 Å². The molecule has 3 amide bonds. The Hall–Kier alpha value is -2.90. The van der Waals surface area contributed by atoms with Gasteiger partial charge in [0.2, 0.25) is 0 Å². The number of ketones is 1. The topological polar surface area (TPSA) is 111 Å². The third-order valence-corrected chi connectivity index (χ3v) is 4.18. The Bertz CT molecular complexity index is 680. The van der Waals surface area contributed by atoms with Gasteiger partial charge in [-0.2, -0.15) is 0 Å². The predicted octanol–water partition coefficient (Wildman–Crippen LogP) is 1.97. The van der Waals surface area contributed by atoms with Gasteiger partial charge in [-0.05, 0) is 44.0 Å². The van der Waals surface area contributed by atoms with Gasteiger partial charge in [0.1, 0.15) is 5.75 Å². The number of imide groups is 1. The molecule has 8 heteroatoms. The lowest BCUT2D eigenvalue weighted by Gasteiger charge is -2.22. The van der Waals surface area contributed by atoms with E-state index >= 15 is 0 Å². The number of benzene rings is 1. The fraction of sp³-hybridized carbons (Fsp3) is 0.474. The van der Waals surface area contributed by atoms with E-state index in [9.17, 15) is 19.2 Å². The number of amides is 3. The van der Waals surface area contributed by atoms with Gasteiger partial charge in [0, 0.05) is 11.6 Å². The largest absolute Gasteiger partial charge is 0.482 e. The van der Waals surface area contributed by atoms with Crippen molar-refractivity contribution in [3.05, 3.63) is 29.8 Å². The SMILES string of the molecule is CC(=O)c1ccc(OCC(=O)OCC(=O)NC(=O)NC2CCCCC2)cc1. The zero-order chi connectivity index (χ0) is 19.6. The first-order valence-electron chi connectivity index (χ1n) is 8.94. The molecular weight excluding hydrogens is 352 g/mol. The number of hydrogen-bond acceptors (Lipinski definition) is 6. The van der Waals surface area contributed by atoms with Crippen molar-refractivity contribution in [3.8, 4) is 5.75 Å². The molecule has 1 fully saturated rings. The van der Waals surface area contributed by atoms with Crippen LogP contribution >= 0.6 is 0 Å². The Kier molecular flexibility index (Phi) is 7.79. The second-order valence-corrected chi connectivity index (χ2v) is 6.39. The van der Waals surface area contributed by atoms with Crippen molar-refractivity contribution in [1.82, 2.24) is 10.6 Å². The fourth-order valence-corrected chi connectivity index (χ4v) is 2.75. The summed E-state index contributed by atoms with van der Waals surface area (Å²) in [6.07, 6.45) is 5.10. The smallest absolute Gasteiger partial charge is 0.344 e. The molecular formula is C19H24N2O6. The summed E-state index contributed by atoms with van der Waals surface area (Å²) in [6.45, 7) is 0.498. The zero-order valence-corrected chi connectivity index (χ0v) is 15.3. The van der Waals surface area contributed by atoms with Crippen LogP contribution in [0.2, 0.25) is 0 Å². The molecule has 2 rings (SSSR count). The molecule has 1 aliphatic rings. The van der Waals surface area contributed by atoms with Gasteiger partial charge in [-0.1, -0.05) is 19.3 Å². The summed E-state index contributed by atoms with van der Waals surface area (Å²) in [5.74, 6) is -1.12. The standard InChI is InChI=1S/C19H24N2O6/c1-13(22)14-7-9-16(10-8-14)26-12-18(24)27-11-17(23)21-19(25)20-15-5-3-2-4-6-15/h7-10,15H,2-6,11-12H2,1H3,(H2,20,21,23,25). The van der Waals surface area contributed by atoms with Crippen LogP contribution in [-0.4, -0.2) is 42.9 Å². The number of ether oxygens (including phenoxy) is 2. The van der Waals surface area contributed by atoms with Crippen molar-refractivity contribution in [2.75, 3.05) is 13.2 Å². The summed E-state index contributed by atoms with van der Waals surface area (Å²) in [7, 11) is 0. The van der Waals surface area contributed by atoms with Crippen molar-refractivity contribution < 1.29 is 28.7 Å². The Morgan fingerprint density at radius 1 is 1.00 bits per heavy atom. The van der Waals surface area contributed by atoms with Crippen LogP contribution in [0.15, 0.2) is 24.3 Å². The van der Waals surface area contributed by atoms with Gasteiger partial charge in [-0.3, -0.25) is 14.9 Å². The molecule has 8 nitrogen and oxygen atoms in total. The third kappa shape index (κ3) is 7.47. The van der Waals surface area contributed by atoms with E-state index in [-0.39, 0.29) is 18.4 Å². The molecule has 0 radical (unpaired) electrons. The number of carbonyl (C=O) groups excluding carboxylic acids is 4. The minimum Gasteiger partial charge on any atom is -0.482 e. The quantitative estimate of drug-likeness (QED) is 0.556. The molecule has 0 spiro atoms. The Balaban J connectivity index is 1.63. The average molecular weight is 376 g/mol. The van der Waals surface area contributed by atoms with Crippen LogP contribution in [0.3, 0.4) is 0 Å². The monoisotopic (exact) mass is 376 g/mol. The Morgan fingerprint density at radius 3 is 2.30 bits per heavy atom. The lowest BCUT2D eigenvalue weighted by atomic mass is 9.96. The first-order valence-corrected chi connectivity index (χ1v) is 8.94. The van der Waals surface area contributed by atoms with E-state index in [0.29, 0.717) is 11.3 Å². The van der Waals surface area contributed by atoms with Crippen LogP contribution < -0.4 is 15.4 Å². The molecule has 0 saturated heterocycles. The maximum absolute atomic E-state index is 11.7. The van der Waals surface area contributed by atoms with Crippen LogP contribution in [0, 0.1) is 0 Å². The van der Waals surface area contributed by atoms with E-state index in [1.54, 1.807) is 24.3 Å². The summed E-state index contributed by atoms with van der Waals surface area (Å²) < 4.78 is 9.99. The number of carbonyl (C=O) groups is 4. The number of Topliss-reactive ketones (excluding diaryl/α,β-unsaturated/α-hetero) is 1. The summed E-state index contributed by atoms with van der Waals surface area (Å²) in [6, 6.07) is 5.79. The lowest BCUT2D eigenvalue weighted by molar-refractivity contribution is -0.150. The maximum Gasteiger partial charge on any atom is 0.344 e. The molecule has 0 bridgehead atoms. The molecule has 0 aliphatic heterocycles. The highest BCUT2D eigenvalue weighted by molar-refractivity contribution is 5.95. The second-order valence-electron chi connectivity index (χ2n) is 6.39. The zero-order valence-electron chi connectivity index (χ0n) is 15.3. The minimum absolute atomic E-state index is 0.0699. The van der Waals surface area contributed by atoms with E-state index in [4.69, 9.17) is 9.47 Å². The molecule has 0 unspecified atom stereocenters. The van der Waals surface area contributed by atoms with E-state index in [1.165, 1.54) is 6.92 Å². The molecule has 1 aromatic carbocycles. The van der Waals surface area contributed by atoms with E-state index in [0.717, 1.165) is 32.1 Å². The highest BCUT2D eigenvalue weighted by Crippen LogP contribution is 2.17. The average Bonchev–Trinajstić information content (AvgIpc) is 2.65. The van der Waals surface area contributed by atoms with Crippen molar-refractivity contribution in [1.29, 1.82) is 0 Å². The second kappa shape index (κ2) is 10.3. The fourth-order valence-electron chi connectivity index (χ4n) is 2.75. The van der Waals surface area contributed by atoms with E-state index in [1.807, 2.05) is 0 Å². The van der Waals surface area contributed by atoms with Gasteiger partial charge in [0.25, 0.3) is 5.91 Å². The minimum atomic E-state index is -0.742. The molecule has 1 saturated carbocycles. The van der Waals surface area contributed by atoms with Crippen LogP contribution in [0.5, 0.6) is 5.75 Å². The van der Waals surface area contributed by atoms with Crippen molar-refractivity contribution in [2.45, 2.75) is 45.1 Å². The van der Waals surface area contributed by atoms with Gasteiger partial charge in [-0.25, -0.2) is 9.59 Å². The lowest BCUT2D eigenvalue weighted by Crippen LogP contribution is -2.46. The first-order chi connectivity index (χ1) is 12.9. The van der Waals surface area contributed by atoms with Gasteiger partial charge < -0.3 is 14.8 Å². The molecule has 0 atom stereocenters. The van der Waals surface area contributed by atoms with Gasteiger partial charge in [-0.15, -0.1) is 0 Å². The van der Waals surface area contributed by atoms with Crippen LogP contribution in [0.1, 0.15) is 49.4 Å². The molecule has 27 heavy (non-hydrogen) atoms. The van der Waals surface area contributed by atoms with Crippen LogP contribution in [-0.2, 0) is 14.3 Å². The Morgan fingerprint density at radius 2 is 1.67 bits per heavy atom. The summed E-state index contributed by atoms with van der Waals surface area (Å²) in [5.41, 5.74) is 0.535. The summed E-state index contributed by atoms with van der Waals surface area (Å²) in [5, 5.41) is 4.87. The molecule has 146 valence electrons. The molecule has 2 N–H and O–H groups in total.